The monoisotopic (exact) mass is 364 g/mol. The first-order valence-corrected chi connectivity index (χ1v) is 8.43. The fourth-order valence-corrected chi connectivity index (χ4v) is 3.03. The van der Waals surface area contributed by atoms with E-state index in [0.29, 0.717) is 30.2 Å². The van der Waals surface area contributed by atoms with Crippen LogP contribution in [0.15, 0.2) is 18.2 Å². The van der Waals surface area contributed by atoms with E-state index in [4.69, 9.17) is 14.6 Å². The second-order valence-electron chi connectivity index (χ2n) is 6.13. The first kappa shape index (κ1) is 19.6. The van der Waals surface area contributed by atoms with Crippen molar-refractivity contribution in [3.8, 4) is 11.5 Å². The maximum absolute atomic E-state index is 12.7. The van der Waals surface area contributed by atoms with E-state index in [-0.39, 0.29) is 31.3 Å². The van der Waals surface area contributed by atoms with E-state index in [1.165, 1.54) is 24.0 Å². The molecule has 1 heterocycles. The third-order valence-electron chi connectivity index (χ3n) is 4.25. The molecule has 8 heteroatoms. The highest BCUT2D eigenvalue weighted by Crippen LogP contribution is 2.32. The number of methoxy groups -OCH3 is 2. The second-order valence-corrected chi connectivity index (χ2v) is 6.13. The second kappa shape index (κ2) is 8.55. The van der Waals surface area contributed by atoms with Crippen LogP contribution in [0.1, 0.15) is 19.8 Å². The smallest absolute Gasteiger partial charge is 0.323 e. The molecule has 0 radical (unpaired) electrons. The third-order valence-corrected chi connectivity index (χ3v) is 4.25. The fourth-order valence-electron chi connectivity index (χ4n) is 3.03. The van der Waals surface area contributed by atoms with Crippen LogP contribution in [0, 0.1) is 5.92 Å². The lowest BCUT2D eigenvalue weighted by atomic mass is 10.1. The molecule has 2 rings (SSSR count). The standard InChI is InChI=1S/C18H24N2O6/c1-4-5-19(11-17(22)23)18(24)12-6-16(21)20(10-12)13-7-14(25-2)9-15(8-13)26-3/h7-9,12H,4-6,10-11H2,1-3H3,(H,22,23). The van der Waals surface area contributed by atoms with Crippen molar-refractivity contribution in [1.82, 2.24) is 4.90 Å². The summed E-state index contributed by atoms with van der Waals surface area (Å²) in [4.78, 5) is 38.9. The number of carboxylic acid groups (broad SMARTS) is 1. The lowest BCUT2D eigenvalue weighted by Crippen LogP contribution is -2.41. The van der Waals surface area contributed by atoms with E-state index in [1.54, 1.807) is 18.2 Å². The van der Waals surface area contributed by atoms with E-state index in [9.17, 15) is 14.4 Å². The van der Waals surface area contributed by atoms with Crippen molar-refractivity contribution >= 4 is 23.5 Å². The van der Waals surface area contributed by atoms with Crippen LogP contribution in [-0.4, -0.2) is 61.6 Å². The van der Waals surface area contributed by atoms with Gasteiger partial charge in [0.2, 0.25) is 11.8 Å². The van der Waals surface area contributed by atoms with E-state index in [0.717, 1.165) is 0 Å². The Morgan fingerprint density at radius 3 is 2.35 bits per heavy atom. The predicted molar refractivity (Wildman–Crippen MR) is 94.5 cm³/mol. The topological polar surface area (TPSA) is 96.4 Å². The molecule has 1 aliphatic heterocycles. The van der Waals surface area contributed by atoms with Gasteiger partial charge in [-0.3, -0.25) is 14.4 Å². The predicted octanol–water partition coefficient (Wildman–Crippen LogP) is 1.38. The lowest BCUT2D eigenvalue weighted by molar-refractivity contribution is -0.146. The number of rotatable bonds is 8. The summed E-state index contributed by atoms with van der Waals surface area (Å²) in [5.74, 6) is -1.04. The van der Waals surface area contributed by atoms with Crippen molar-refractivity contribution in [3.05, 3.63) is 18.2 Å². The molecule has 1 atom stereocenters. The Bertz CT molecular complexity index is 668. The SMILES string of the molecule is CCCN(CC(=O)O)C(=O)C1CC(=O)N(c2cc(OC)cc(OC)c2)C1. The molecule has 1 saturated heterocycles. The quantitative estimate of drug-likeness (QED) is 0.749. The fraction of sp³-hybridized carbons (Fsp3) is 0.500. The number of hydrogen-bond donors (Lipinski definition) is 1. The van der Waals surface area contributed by atoms with E-state index < -0.39 is 11.9 Å². The zero-order chi connectivity index (χ0) is 19.3. The average Bonchev–Trinajstić information content (AvgIpc) is 3.01. The third kappa shape index (κ3) is 4.44. The van der Waals surface area contributed by atoms with Crippen molar-refractivity contribution in [3.63, 3.8) is 0 Å². The van der Waals surface area contributed by atoms with Crippen LogP contribution in [0.25, 0.3) is 0 Å². The molecule has 142 valence electrons. The van der Waals surface area contributed by atoms with Crippen LogP contribution in [0.2, 0.25) is 0 Å². The van der Waals surface area contributed by atoms with Gasteiger partial charge in [-0.25, -0.2) is 0 Å². The van der Waals surface area contributed by atoms with Crippen LogP contribution < -0.4 is 14.4 Å². The van der Waals surface area contributed by atoms with Gasteiger partial charge in [0.15, 0.2) is 0 Å². The molecule has 1 N–H and O–H groups in total. The van der Waals surface area contributed by atoms with E-state index in [2.05, 4.69) is 0 Å². The molecule has 0 aliphatic carbocycles. The number of ether oxygens (including phenoxy) is 2. The molecule has 1 fully saturated rings. The summed E-state index contributed by atoms with van der Waals surface area (Å²) < 4.78 is 10.4. The maximum atomic E-state index is 12.7. The number of benzene rings is 1. The molecule has 0 aromatic heterocycles. The maximum Gasteiger partial charge on any atom is 0.323 e. The Balaban J connectivity index is 2.19. The molecule has 1 unspecified atom stereocenters. The van der Waals surface area contributed by atoms with Gasteiger partial charge >= 0.3 is 5.97 Å². The first-order chi connectivity index (χ1) is 12.4. The zero-order valence-corrected chi connectivity index (χ0v) is 15.2. The van der Waals surface area contributed by atoms with Crippen molar-refractivity contribution < 1.29 is 29.0 Å². The molecule has 8 nitrogen and oxygen atoms in total. The molecular weight excluding hydrogens is 340 g/mol. The highest BCUT2D eigenvalue weighted by Gasteiger charge is 2.37. The number of carbonyl (C=O) groups is 3. The lowest BCUT2D eigenvalue weighted by Gasteiger charge is -2.23. The molecule has 1 aromatic rings. The summed E-state index contributed by atoms with van der Waals surface area (Å²) in [6.45, 7) is 2.07. The van der Waals surface area contributed by atoms with Gasteiger partial charge in [0, 0.05) is 37.7 Å². The number of nitrogens with zero attached hydrogens (tertiary/aromatic N) is 2. The molecule has 0 saturated carbocycles. The summed E-state index contributed by atoms with van der Waals surface area (Å²) in [5.41, 5.74) is 0.585. The molecular formula is C18H24N2O6. The Kier molecular flexibility index (Phi) is 6.43. The Hall–Kier alpha value is -2.77. The normalized spacial score (nSPS) is 16.5. The summed E-state index contributed by atoms with van der Waals surface area (Å²) >= 11 is 0. The minimum atomic E-state index is -1.06. The van der Waals surface area contributed by atoms with Crippen LogP contribution in [0.5, 0.6) is 11.5 Å². The van der Waals surface area contributed by atoms with Crippen LogP contribution >= 0.6 is 0 Å². The van der Waals surface area contributed by atoms with Crippen molar-refractivity contribution in [2.45, 2.75) is 19.8 Å². The van der Waals surface area contributed by atoms with Crippen LogP contribution in [0.3, 0.4) is 0 Å². The summed E-state index contributed by atoms with van der Waals surface area (Å²) in [5, 5.41) is 9.00. The highest BCUT2D eigenvalue weighted by atomic mass is 16.5. The summed E-state index contributed by atoms with van der Waals surface area (Å²) in [7, 11) is 3.04. The number of aliphatic carboxylic acids is 1. The van der Waals surface area contributed by atoms with Crippen LogP contribution in [0.4, 0.5) is 5.69 Å². The molecule has 1 aromatic carbocycles. The molecule has 26 heavy (non-hydrogen) atoms. The van der Waals surface area contributed by atoms with Crippen molar-refractivity contribution in [2.75, 3.05) is 38.8 Å². The highest BCUT2D eigenvalue weighted by molar-refractivity contribution is 6.01. The van der Waals surface area contributed by atoms with E-state index >= 15 is 0 Å². The van der Waals surface area contributed by atoms with Crippen LogP contribution in [-0.2, 0) is 14.4 Å². The van der Waals surface area contributed by atoms with Gasteiger partial charge in [0.25, 0.3) is 0 Å². The molecule has 0 spiro atoms. The van der Waals surface area contributed by atoms with Crippen molar-refractivity contribution in [1.29, 1.82) is 0 Å². The molecule has 2 amide bonds. The van der Waals surface area contributed by atoms with Gasteiger partial charge in [-0.2, -0.15) is 0 Å². The molecule has 1 aliphatic rings. The number of anilines is 1. The van der Waals surface area contributed by atoms with Gasteiger partial charge in [-0.15, -0.1) is 0 Å². The summed E-state index contributed by atoms with van der Waals surface area (Å²) in [6, 6.07) is 5.10. The van der Waals surface area contributed by atoms with Gasteiger partial charge < -0.3 is 24.4 Å². The minimum absolute atomic E-state index is 0.0538. The zero-order valence-electron chi connectivity index (χ0n) is 15.2. The van der Waals surface area contributed by atoms with Gasteiger partial charge in [-0.1, -0.05) is 6.92 Å². The Morgan fingerprint density at radius 1 is 1.23 bits per heavy atom. The number of hydrogen-bond acceptors (Lipinski definition) is 5. The first-order valence-electron chi connectivity index (χ1n) is 8.43. The minimum Gasteiger partial charge on any atom is -0.497 e. The number of carboxylic acids is 1. The van der Waals surface area contributed by atoms with Crippen molar-refractivity contribution in [2.24, 2.45) is 5.92 Å². The van der Waals surface area contributed by atoms with E-state index in [1.807, 2.05) is 6.92 Å². The number of carbonyl (C=O) groups excluding carboxylic acids is 2. The largest absolute Gasteiger partial charge is 0.497 e. The van der Waals surface area contributed by atoms with Gasteiger partial charge in [0.1, 0.15) is 18.0 Å². The molecule has 0 bridgehead atoms. The Labute approximate surface area is 152 Å². The average molecular weight is 364 g/mol. The Morgan fingerprint density at radius 2 is 1.85 bits per heavy atom. The summed E-state index contributed by atoms with van der Waals surface area (Å²) in [6.07, 6.45) is 0.703. The number of amides is 2. The van der Waals surface area contributed by atoms with Gasteiger partial charge in [0.05, 0.1) is 25.8 Å². The van der Waals surface area contributed by atoms with Gasteiger partial charge in [-0.05, 0) is 6.42 Å².